The van der Waals surface area contributed by atoms with Crippen LogP contribution in [0.15, 0.2) is 63.9 Å². The first kappa shape index (κ1) is 20.1. The summed E-state index contributed by atoms with van der Waals surface area (Å²) < 4.78 is 12.1. The molecule has 6 heteroatoms. The monoisotopic (exact) mass is 407 g/mol. The molecule has 0 unspecified atom stereocenters. The smallest absolute Gasteiger partial charge is 0.251 e. The summed E-state index contributed by atoms with van der Waals surface area (Å²) in [5, 5.41) is 1.04. The Morgan fingerprint density at radius 2 is 1.47 bits per heavy atom. The summed E-state index contributed by atoms with van der Waals surface area (Å²) in [5.74, 6) is -0.159. The number of fused-ring (bicyclic) bond motifs is 1. The van der Waals surface area contributed by atoms with Gasteiger partial charge in [-0.2, -0.15) is 0 Å². The maximum atomic E-state index is 12.8. The molecule has 0 fully saturated rings. The molecule has 0 saturated carbocycles. The molecule has 0 radical (unpaired) electrons. The predicted molar refractivity (Wildman–Crippen MR) is 113 cm³/mol. The minimum atomic E-state index is -0.241. The van der Waals surface area contributed by atoms with Gasteiger partial charge in [0.1, 0.15) is 0 Å². The van der Waals surface area contributed by atoms with Gasteiger partial charge in [0.25, 0.3) is 5.56 Å². The molecule has 0 spiro atoms. The van der Waals surface area contributed by atoms with Gasteiger partial charge < -0.3 is 14.0 Å². The first-order valence-corrected chi connectivity index (χ1v) is 10.3. The van der Waals surface area contributed by atoms with Gasteiger partial charge in [-0.3, -0.25) is 14.4 Å². The highest BCUT2D eigenvalue weighted by atomic mass is 16.5. The Morgan fingerprint density at radius 1 is 0.867 bits per heavy atom. The molecule has 0 aliphatic heterocycles. The summed E-state index contributed by atoms with van der Waals surface area (Å²) in [4.78, 5) is 38.1. The summed E-state index contributed by atoms with van der Waals surface area (Å²) >= 11 is 0. The lowest BCUT2D eigenvalue weighted by atomic mass is 9.89. The third-order valence-electron chi connectivity index (χ3n) is 6.20. The van der Waals surface area contributed by atoms with Crippen LogP contribution in [0.4, 0.5) is 0 Å². The molecule has 0 N–H and O–H groups in total. The van der Waals surface area contributed by atoms with Gasteiger partial charge >= 0.3 is 0 Å². The van der Waals surface area contributed by atoms with E-state index in [0.29, 0.717) is 36.5 Å². The second-order valence-electron chi connectivity index (χ2n) is 7.80. The van der Waals surface area contributed by atoms with Gasteiger partial charge in [-0.15, -0.1) is 0 Å². The molecule has 156 valence electrons. The average Bonchev–Trinajstić information content (AvgIpc) is 2.98. The summed E-state index contributed by atoms with van der Waals surface area (Å²) in [5.41, 5.74) is 2.04. The summed E-state index contributed by atoms with van der Waals surface area (Å²) in [6, 6.07) is 11.3. The summed E-state index contributed by atoms with van der Waals surface area (Å²) in [6.45, 7) is 0.613. The fourth-order valence-corrected chi connectivity index (χ4v) is 4.57. The van der Waals surface area contributed by atoms with Gasteiger partial charge in [0, 0.05) is 23.8 Å². The van der Waals surface area contributed by atoms with Crippen molar-refractivity contribution in [2.24, 2.45) is 5.92 Å². The zero-order valence-electron chi connectivity index (χ0n) is 17.3. The van der Waals surface area contributed by atoms with E-state index in [-0.39, 0.29) is 28.6 Å². The number of nitrogens with zero attached hydrogens (tertiary/aromatic N) is 1. The normalized spacial score (nSPS) is 17.9. The average molecular weight is 407 g/mol. The fourth-order valence-electron chi connectivity index (χ4n) is 4.57. The van der Waals surface area contributed by atoms with Crippen LogP contribution >= 0.6 is 0 Å². The van der Waals surface area contributed by atoms with Gasteiger partial charge in [0.15, 0.2) is 0 Å². The first-order valence-electron chi connectivity index (χ1n) is 10.3. The van der Waals surface area contributed by atoms with E-state index < -0.39 is 0 Å². The van der Waals surface area contributed by atoms with Gasteiger partial charge in [-0.1, -0.05) is 18.2 Å². The molecular formula is C24H25NO5. The molecule has 2 aromatic rings. The summed E-state index contributed by atoms with van der Waals surface area (Å²) in [6.07, 6.45) is 3.50. The molecule has 6 nitrogen and oxygen atoms in total. The molecule has 0 saturated heterocycles. The van der Waals surface area contributed by atoms with E-state index in [1.807, 2.05) is 34.9 Å². The quantitative estimate of drug-likeness (QED) is 0.709. The highest BCUT2D eigenvalue weighted by molar-refractivity contribution is 6.23. The van der Waals surface area contributed by atoms with E-state index in [1.165, 1.54) is 14.2 Å². The van der Waals surface area contributed by atoms with E-state index in [9.17, 15) is 14.4 Å². The lowest BCUT2D eigenvalue weighted by molar-refractivity contribution is -0.121. The predicted octanol–water partition coefficient (Wildman–Crippen LogP) is 3.53. The van der Waals surface area contributed by atoms with Crippen molar-refractivity contribution in [2.75, 3.05) is 14.2 Å². The Hall–Kier alpha value is -3.15. The zero-order chi connectivity index (χ0) is 21.3. The third-order valence-corrected chi connectivity index (χ3v) is 6.20. The van der Waals surface area contributed by atoms with Crippen LogP contribution < -0.4 is 5.56 Å². The number of methoxy groups -OCH3 is 2. The number of ketones is 2. The van der Waals surface area contributed by atoms with Crippen molar-refractivity contribution in [1.82, 2.24) is 4.57 Å². The van der Waals surface area contributed by atoms with Crippen LogP contribution in [0.5, 0.6) is 0 Å². The Labute approximate surface area is 174 Å². The van der Waals surface area contributed by atoms with E-state index >= 15 is 0 Å². The molecule has 1 aromatic heterocycles. The van der Waals surface area contributed by atoms with Crippen LogP contribution in [-0.2, 0) is 25.6 Å². The highest BCUT2D eigenvalue weighted by Gasteiger charge is 2.37. The minimum Gasteiger partial charge on any atom is -0.489 e. The Balaban J connectivity index is 1.50. The molecule has 30 heavy (non-hydrogen) atoms. The van der Waals surface area contributed by atoms with E-state index in [2.05, 4.69) is 0 Å². The molecule has 2 aliphatic rings. The van der Waals surface area contributed by atoms with Crippen LogP contribution in [0.3, 0.4) is 0 Å². The molecule has 1 heterocycles. The largest absolute Gasteiger partial charge is 0.489 e. The number of Topliss-reactive ketones (excluding diaryl/α,β-unsaturated/α-hetero) is 2. The Kier molecular flexibility index (Phi) is 5.57. The van der Waals surface area contributed by atoms with Crippen LogP contribution in [0.1, 0.15) is 32.1 Å². The number of para-hydroxylation sites is 1. The number of aromatic nitrogens is 1. The number of benzene rings is 1. The van der Waals surface area contributed by atoms with Crippen LogP contribution in [0.25, 0.3) is 10.9 Å². The standard InChI is InChI=1S/C24H25NO5/c1-29-23-21(27)17-10-7-15(8-11-18(17)22(28)24(23)30-2)13-14-25-19-6-4-3-5-16(19)9-12-20(25)26/h3-6,9,12,15H,7-8,10-11,13-14H2,1-2H3. The maximum absolute atomic E-state index is 12.8. The Bertz CT molecular complexity index is 1100. The van der Waals surface area contributed by atoms with Crippen molar-refractivity contribution in [2.45, 2.75) is 38.6 Å². The van der Waals surface area contributed by atoms with Crippen molar-refractivity contribution in [3.63, 3.8) is 0 Å². The van der Waals surface area contributed by atoms with Gasteiger partial charge in [-0.25, -0.2) is 0 Å². The van der Waals surface area contributed by atoms with E-state index in [1.54, 1.807) is 6.07 Å². The minimum absolute atomic E-state index is 0.00186. The van der Waals surface area contributed by atoms with Gasteiger partial charge in [0.05, 0.1) is 19.7 Å². The van der Waals surface area contributed by atoms with Crippen molar-refractivity contribution in [3.8, 4) is 0 Å². The highest BCUT2D eigenvalue weighted by Crippen LogP contribution is 2.37. The van der Waals surface area contributed by atoms with Crippen molar-refractivity contribution in [1.29, 1.82) is 0 Å². The van der Waals surface area contributed by atoms with Gasteiger partial charge in [-0.05, 0) is 55.5 Å². The number of ether oxygens (including phenoxy) is 2. The van der Waals surface area contributed by atoms with Crippen molar-refractivity contribution < 1.29 is 19.1 Å². The number of hydrogen-bond donors (Lipinski definition) is 0. The van der Waals surface area contributed by atoms with E-state index in [0.717, 1.165) is 30.2 Å². The van der Waals surface area contributed by atoms with Gasteiger partial charge in [0.2, 0.25) is 23.1 Å². The lowest BCUT2D eigenvalue weighted by Gasteiger charge is -2.20. The molecule has 0 atom stereocenters. The molecule has 0 amide bonds. The number of pyridine rings is 1. The van der Waals surface area contributed by atoms with Crippen molar-refractivity contribution >= 4 is 22.5 Å². The number of carbonyl (C=O) groups is 2. The topological polar surface area (TPSA) is 74.6 Å². The van der Waals surface area contributed by atoms with Crippen LogP contribution in [0.2, 0.25) is 0 Å². The first-order chi connectivity index (χ1) is 14.5. The second-order valence-corrected chi connectivity index (χ2v) is 7.80. The molecule has 0 bridgehead atoms. The lowest BCUT2D eigenvalue weighted by Crippen LogP contribution is -2.25. The van der Waals surface area contributed by atoms with Crippen molar-refractivity contribution in [3.05, 3.63) is 69.4 Å². The summed E-state index contributed by atoms with van der Waals surface area (Å²) in [7, 11) is 2.76. The fraction of sp³-hybridized carbons (Fsp3) is 0.375. The zero-order valence-corrected chi connectivity index (χ0v) is 17.3. The second kappa shape index (κ2) is 8.30. The molecule has 2 aliphatic carbocycles. The number of aryl methyl sites for hydroxylation is 1. The molecular weight excluding hydrogens is 382 g/mol. The SMILES string of the molecule is COC1=C(OC)C(=O)C2=C(CCC(CCn3c(=O)ccc4ccccc43)CC2)C1=O. The number of rotatable bonds is 5. The number of allylic oxidation sites excluding steroid dienone is 2. The van der Waals surface area contributed by atoms with E-state index in [4.69, 9.17) is 9.47 Å². The third kappa shape index (κ3) is 3.47. The molecule has 1 aromatic carbocycles. The number of hydrogen-bond acceptors (Lipinski definition) is 5. The van der Waals surface area contributed by atoms with Crippen LogP contribution in [-0.4, -0.2) is 30.4 Å². The van der Waals surface area contributed by atoms with Crippen LogP contribution in [0, 0.1) is 5.92 Å². The number of carbonyl (C=O) groups excluding carboxylic acids is 2. The maximum Gasteiger partial charge on any atom is 0.251 e. The Morgan fingerprint density at radius 3 is 2.07 bits per heavy atom. The molecule has 4 rings (SSSR count).